The highest BCUT2D eigenvalue weighted by atomic mass is 79.9. The van der Waals surface area contributed by atoms with Crippen molar-refractivity contribution in [3.8, 4) is 0 Å². The lowest BCUT2D eigenvalue weighted by atomic mass is 10.3. The lowest BCUT2D eigenvalue weighted by Gasteiger charge is -2.08. The molecule has 2 rings (SSSR count). The van der Waals surface area contributed by atoms with Crippen molar-refractivity contribution in [2.45, 2.75) is 11.4 Å². The molecule has 0 saturated carbocycles. The number of benzene rings is 1. The zero-order chi connectivity index (χ0) is 14.9. The van der Waals surface area contributed by atoms with E-state index in [9.17, 15) is 12.8 Å². The van der Waals surface area contributed by atoms with E-state index in [1.165, 1.54) is 11.3 Å². The predicted octanol–water partition coefficient (Wildman–Crippen LogP) is 3.36. The molecule has 0 aliphatic rings. The highest BCUT2D eigenvalue weighted by Gasteiger charge is 2.21. The van der Waals surface area contributed by atoms with Crippen LogP contribution in [0.2, 0.25) is 5.02 Å². The van der Waals surface area contributed by atoms with Gasteiger partial charge in [-0.15, -0.1) is 11.3 Å². The zero-order valence-electron chi connectivity index (χ0n) is 9.86. The van der Waals surface area contributed by atoms with E-state index in [0.717, 1.165) is 20.8 Å². The third-order valence-electron chi connectivity index (χ3n) is 2.37. The Labute approximate surface area is 132 Å². The number of nitrogens with two attached hydrogens (primary N) is 1. The van der Waals surface area contributed by atoms with Gasteiger partial charge in [-0.2, -0.15) is 0 Å². The minimum atomic E-state index is -4.02. The highest BCUT2D eigenvalue weighted by molar-refractivity contribution is 9.11. The van der Waals surface area contributed by atoms with Crippen LogP contribution in [-0.2, 0) is 16.6 Å². The van der Waals surface area contributed by atoms with Gasteiger partial charge in [0.25, 0.3) is 0 Å². The van der Waals surface area contributed by atoms with Gasteiger partial charge in [0.2, 0.25) is 10.0 Å². The Morgan fingerprint density at radius 1 is 1.40 bits per heavy atom. The first-order chi connectivity index (χ1) is 9.29. The second-order valence-corrected chi connectivity index (χ2v) is 8.54. The van der Waals surface area contributed by atoms with Crippen molar-refractivity contribution in [3.05, 3.63) is 43.8 Å². The lowest BCUT2D eigenvalue weighted by Crippen LogP contribution is -2.24. The summed E-state index contributed by atoms with van der Waals surface area (Å²) in [6, 6.07) is 5.76. The minimum absolute atomic E-state index is 0.0600. The molecule has 0 spiro atoms. The first-order valence-corrected chi connectivity index (χ1v) is 8.75. The Bertz CT molecular complexity index is 749. The average Bonchev–Trinajstić information content (AvgIpc) is 2.77. The molecule has 0 atom stereocenters. The van der Waals surface area contributed by atoms with Crippen LogP contribution in [-0.4, -0.2) is 8.42 Å². The number of hydrogen-bond acceptors (Lipinski definition) is 4. The summed E-state index contributed by atoms with van der Waals surface area (Å²) in [7, 11) is -4.02. The maximum Gasteiger partial charge on any atom is 0.243 e. The van der Waals surface area contributed by atoms with Crippen LogP contribution in [0.25, 0.3) is 0 Å². The summed E-state index contributed by atoms with van der Waals surface area (Å²) in [5.41, 5.74) is 5.57. The quantitative estimate of drug-likeness (QED) is 0.774. The molecule has 1 aromatic carbocycles. The van der Waals surface area contributed by atoms with Crippen molar-refractivity contribution >= 4 is 54.6 Å². The number of rotatable bonds is 4. The van der Waals surface area contributed by atoms with Crippen molar-refractivity contribution < 1.29 is 12.8 Å². The Morgan fingerprint density at radius 2 is 2.10 bits per heavy atom. The number of sulfonamides is 1. The fourth-order valence-electron chi connectivity index (χ4n) is 1.47. The third-order valence-corrected chi connectivity index (χ3v) is 5.67. The third kappa shape index (κ3) is 3.50. The molecule has 0 fully saturated rings. The SMILES string of the molecule is Nc1cc(Cl)c(F)c(S(=O)(=O)NCc2ccc(Br)s2)c1. The van der Waals surface area contributed by atoms with Gasteiger partial charge in [-0.25, -0.2) is 17.5 Å². The van der Waals surface area contributed by atoms with Gasteiger partial charge in [-0.05, 0) is 40.2 Å². The molecule has 0 saturated heterocycles. The molecule has 0 amide bonds. The standard InChI is InChI=1S/C11H9BrClFN2O2S2/c12-10-2-1-7(19-10)5-16-20(17,18)9-4-6(15)3-8(13)11(9)14/h1-4,16H,5,15H2. The van der Waals surface area contributed by atoms with Crippen LogP contribution in [0.3, 0.4) is 0 Å². The normalized spacial score (nSPS) is 11.8. The summed E-state index contributed by atoms with van der Waals surface area (Å²) in [6.45, 7) is 0.0600. The number of nitrogens with one attached hydrogen (secondary N) is 1. The van der Waals surface area contributed by atoms with Gasteiger partial charge in [-0.1, -0.05) is 11.6 Å². The van der Waals surface area contributed by atoms with Crippen molar-refractivity contribution in [2.75, 3.05) is 5.73 Å². The summed E-state index contributed by atoms with van der Waals surface area (Å²) in [4.78, 5) is 0.231. The largest absolute Gasteiger partial charge is 0.399 e. The smallest absolute Gasteiger partial charge is 0.243 e. The van der Waals surface area contributed by atoms with Crippen molar-refractivity contribution in [3.63, 3.8) is 0 Å². The summed E-state index contributed by atoms with van der Waals surface area (Å²) < 4.78 is 41.1. The van der Waals surface area contributed by atoms with E-state index < -0.39 is 20.7 Å². The molecule has 3 N–H and O–H groups in total. The number of anilines is 1. The van der Waals surface area contributed by atoms with Gasteiger partial charge in [0.1, 0.15) is 4.90 Å². The van der Waals surface area contributed by atoms with Crippen LogP contribution in [0.4, 0.5) is 10.1 Å². The van der Waals surface area contributed by atoms with Crippen LogP contribution >= 0.6 is 38.9 Å². The van der Waals surface area contributed by atoms with Crippen LogP contribution in [0.1, 0.15) is 4.88 Å². The topological polar surface area (TPSA) is 72.2 Å². The summed E-state index contributed by atoms with van der Waals surface area (Å²) in [6.07, 6.45) is 0. The van der Waals surface area contributed by atoms with E-state index in [1.807, 2.05) is 0 Å². The Morgan fingerprint density at radius 3 is 2.70 bits per heavy atom. The molecule has 2 aromatic rings. The number of thiophene rings is 1. The molecular weight excluding hydrogens is 391 g/mol. The highest BCUT2D eigenvalue weighted by Crippen LogP contribution is 2.26. The number of halogens is 3. The predicted molar refractivity (Wildman–Crippen MR) is 81.9 cm³/mol. The minimum Gasteiger partial charge on any atom is -0.399 e. The van der Waals surface area contributed by atoms with E-state index in [4.69, 9.17) is 17.3 Å². The summed E-state index contributed by atoms with van der Waals surface area (Å²) in [5.74, 6) is -1.01. The first kappa shape index (κ1) is 15.7. The molecule has 108 valence electrons. The van der Waals surface area contributed by atoms with Gasteiger partial charge in [-0.3, -0.25) is 0 Å². The average molecular weight is 400 g/mol. The fraction of sp³-hybridized carbons (Fsp3) is 0.0909. The summed E-state index contributed by atoms with van der Waals surface area (Å²) >= 11 is 10.2. The van der Waals surface area contributed by atoms with Gasteiger partial charge < -0.3 is 5.73 Å². The van der Waals surface area contributed by atoms with E-state index in [-0.39, 0.29) is 17.3 Å². The van der Waals surface area contributed by atoms with E-state index in [2.05, 4.69) is 20.7 Å². The van der Waals surface area contributed by atoms with Crippen LogP contribution in [0.15, 0.2) is 32.9 Å². The monoisotopic (exact) mass is 398 g/mol. The van der Waals surface area contributed by atoms with E-state index >= 15 is 0 Å². The Balaban J connectivity index is 2.27. The van der Waals surface area contributed by atoms with Crippen LogP contribution in [0.5, 0.6) is 0 Å². The molecule has 0 unspecified atom stereocenters. The molecule has 0 aliphatic carbocycles. The zero-order valence-corrected chi connectivity index (χ0v) is 13.8. The molecule has 9 heteroatoms. The maximum absolute atomic E-state index is 13.8. The van der Waals surface area contributed by atoms with Gasteiger partial charge in [0.05, 0.1) is 8.81 Å². The fourth-order valence-corrected chi connectivity index (χ4v) is 4.41. The van der Waals surface area contributed by atoms with Crippen molar-refractivity contribution in [1.29, 1.82) is 0 Å². The molecule has 1 aromatic heterocycles. The number of hydrogen-bond donors (Lipinski definition) is 2. The Kier molecular flexibility index (Phi) is 4.70. The molecule has 20 heavy (non-hydrogen) atoms. The molecule has 0 bridgehead atoms. The number of nitrogen functional groups attached to an aromatic ring is 1. The van der Waals surface area contributed by atoms with Gasteiger partial charge >= 0.3 is 0 Å². The maximum atomic E-state index is 13.8. The van der Waals surface area contributed by atoms with E-state index in [1.54, 1.807) is 12.1 Å². The first-order valence-electron chi connectivity index (χ1n) is 5.28. The second kappa shape index (κ2) is 5.98. The van der Waals surface area contributed by atoms with Crippen molar-refractivity contribution in [2.24, 2.45) is 0 Å². The second-order valence-electron chi connectivity index (χ2n) is 3.85. The van der Waals surface area contributed by atoms with Gasteiger partial charge in [0, 0.05) is 17.1 Å². The molecular formula is C11H9BrClFN2O2S2. The van der Waals surface area contributed by atoms with Crippen LogP contribution in [0, 0.1) is 5.82 Å². The molecule has 4 nitrogen and oxygen atoms in total. The van der Waals surface area contributed by atoms with Crippen molar-refractivity contribution in [1.82, 2.24) is 4.72 Å². The van der Waals surface area contributed by atoms with Gasteiger partial charge in [0.15, 0.2) is 5.82 Å². The van der Waals surface area contributed by atoms with E-state index in [0.29, 0.717) is 0 Å². The summed E-state index contributed by atoms with van der Waals surface area (Å²) in [5, 5.41) is -0.329. The lowest BCUT2D eigenvalue weighted by molar-refractivity contribution is 0.557. The molecule has 1 heterocycles. The van der Waals surface area contributed by atoms with Crippen LogP contribution < -0.4 is 10.5 Å². The Hall–Kier alpha value is -0.670. The molecule has 0 aliphatic heterocycles. The molecule has 0 radical (unpaired) electrons.